The molecule has 120 valence electrons. The van der Waals surface area contributed by atoms with Crippen LogP contribution >= 0.6 is 0 Å². The monoisotopic (exact) mass is 311 g/mol. The highest BCUT2D eigenvalue weighted by molar-refractivity contribution is 5.82. The summed E-state index contributed by atoms with van der Waals surface area (Å²) < 4.78 is 0. The average Bonchev–Trinajstić information content (AvgIpc) is 2.56. The van der Waals surface area contributed by atoms with E-state index in [9.17, 15) is 15.0 Å². The molecule has 23 heavy (non-hydrogen) atoms. The molecule has 2 rings (SSSR count). The number of aliphatic imine (C=N–C) groups is 1. The molecule has 0 heterocycles. The van der Waals surface area contributed by atoms with Crippen LogP contribution in [0.25, 0.3) is 0 Å². The number of nitrogens with zero attached hydrogens (tertiary/aromatic N) is 1. The van der Waals surface area contributed by atoms with Gasteiger partial charge in [-0.3, -0.25) is 4.99 Å². The van der Waals surface area contributed by atoms with Crippen LogP contribution in [0.3, 0.4) is 0 Å². The summed E-state index contributed by atoms with van der Waals surface area (Å²) in [5, 5.41) is 21.4. The molecule has 0 aromatic heterocycles. The first kappa shape index (κ1) is 16.7. The lowest BCUT2D eigenvalue weighted by Crippen LogP contribution is -2.42. The molecule has 0 saturated heterocycles. The average molecular weight is 311 g/mol. The number of carbonyl (C=O) groups is 1. The topological polar surface area (TPSA) is 98.7 Å². The summed E-state index contributed by atoms with van der Waals surface area (Å²) in [5.74, 6) is -1.72. The van der Waals surface area contributed by atoms with Crippen LogP contribution in [0.4, 0.5) is 0 Å². The molecule has 0 unspecified atom stereocenters. The second-order valence-corrected chi connectivity index (χ2v) is 5.31. The number of rotatable bonds is 7. The van der Waals surface area contributed by atoms with Crippen molar-refractivity contribution in [1.29, 1.82) is 0 Å². The lowest BCUT2D eigenvalue weighted by Gasteiger charge is -2.21. The van der Waals surface area contributed by atoms with Gasteiger partial charge in [-0.05, 0) is 23.4 Å². The molecule has 2 aromatic carbocycles. The smallest absolute Gasteiger partial charge is 0.328 e. The van der Waals surface area contributed by atoms with Gasteiger partial charge in [-0.1, -0.05) is 60.7 Å². The molecule has 2 atom stereocenters. The molecule has 0 amide bonds. The third-order valence-corrected chi connectivity index (χ3v) is 3.46. The zero-order valence-corrected chi connectivity index (χ0v) is 12.6. The third-order valence-electron chi connectivity index (χ3n) is 3.46. The minimum atomic E-state index is -1.13. The second kappa shape index (κ2) is 8.10. The van der Waals surface area contributed by atoms with Crippen LogP contribution in [0.5, 0.6) is 0 Å². The maximum Gasteiger partial charge on any atom is 0.328 e. The van der Waals surface area contributed by atoms with Gasteiger partial charge in [0, 0.05) is 12.5 Å². The standard InChI is InChI=1S/C18H20N2O3/c19-15(11-13-7-3-1-4-8-13)17(21)20-16(18(22)23)12-14-9-5-2-6-10-14/h1-10,15-16H,11-12,19H2,(H,20,21)(H,22,23)/p-1/t15-,16-/m0/s1. The Morgan fingerprint density at radius 3 is 1.96 bits per heavy atom. The van der Waals surface area contributed by atoms with E-state index in [-0.39, 0.29) is 6.42 Å². The first-order valence-electron chi connectivity index (χ1n) is 7.37. The van der Waals surface area contributed by atoms with Gasteiger partial charge in [0.1, 0.15) is 6.04 Å². The summed E-state index contributed by atoms with van der Waals surface area (Å²) in [6, 6.07) is 16.5. The Morgan fingerprint density at radius 2 is 1.48 bits per heavy atom. The van der Waals surface area contributed by atoms with Crippen LogP contribution < -0.4 is 10.8 Å². The zero-order valence-electron chi connectivity index (χ0n) is 12.6. The fraction of sp³-hybridized carbons (Fsp3) is 0.222. The van der Waals surface area contributed by atoms with E-state index in [4.69, 9.17) is 5.73 Å². The van der Waals surface area contributed by atoms with Crippen LogP contribution in [0.2, 0.25) is 0 Å². The number of nitrogens with two attached hydrogens (primary N) is 1. The van der Waals surface area contributed by atoms with Crippen molar-refractivity contribution in [3.63, 3.8) is 0 Å². The van der Waals surface area contributed by atoms with E-state index in [2.05, 4.69) is 4.99 Å². The molecule has 0 spiro atoms. The molecule has 0 aliphatic rings. The number of aliphatic carboxylic acids is 1. The number of benzene rings is 2. The summed E-state index contributed by atoms with van der Waals surface area (Å²) >= 11 is 0. The first-order valence-corrected chi connectivity index (χ1v) is 7.37. The molecule has 0 fully saturated rings. The normalized spacial score (nSPS) is 14.2. The van der Waals surface area contributed by atoms with Crippen molar-refractivity contribution in [2.45, 2.75) is 24.9 Å². The van der Waals surface area contributed by atoms with Crippen molar-refractivity contribution in [2.24, 2.45) is 10.7 Å². The Morgan fingerprint density at radius 1 is 1.00 bits per heavy atom. The van der Waals surface area contributed by atoms with E-state index in [1.807, 2.05) is 48.5 Å². The summed E-state index contributed by atoms with van der Waals surface area (Å²) in [7, 11) is 0. The molecule has 0 bridgehead atoms. The van der Waals surface area contributed by atoms with Crippen LogP contribution in [0, 0.1) is 0 Å². The van der Waals surface area contributed by atoms with Gasteiger partial charge >= 0.3 is 5.97 Å². The molecule has 3 N–H and O–H groups in total. The second-order valence-electron chi connectivity index (χ2n) is 5.31. The Bertz CT molecular complexity index is 656. The zero-order chi connectivity index (χ0) is 16.7. The van der Waals surface area contributed by atoms with Crippen LogP contribution in [-0.2, 0) is 17.6 Å². The quantitative estimate of drug-likeness (QED) is 0.589. The van der Waals surface area contributed by atoms with Gasteiger partial charge in [-0.25, -0.2) is 4.79 Å². The molecular formula is C18H19N2O3-. The predicted octanol–water partition coefficient (Wildman–Crippen LogP) is 1.01. The van der Waals surface area contributed by atoms with Gasteiger partial charge in [0.2, 0.25) is 0 Å². The first-order chi connectivity index (χ1) is 11.1. The fourth-order valence-electron chi connectivity index (χ4n) is 2.23. The van der Waals surface area contributed by atoms with Gasteiger partial charge in [0.15, 0.2) is 0 Å². The maximum atomic E-state index is 12.1. The van der Waals surface area contributed by atoms with Gasteiger partial charge in [0.25, 0.3) is 0 Å². The van der Waals surface area contributed by atoms with Crippen LogP contribution in [0.1, 0.15) is 11.1 Å². The fourth-order valence-corrected chi connectivity index (χ4v) is 2.23. The van der Waals surface area contributed by atoms with Crippen LogP contribution in [-0.4, -0.2) is 29.1 Å². The predicted molar refractivity (Wildman–Crippen MR) is 87.1 cm³/mol. The molecule has 2 aromatic rings. The number of carboxylic acid groups (broad SMARTS) is 1. The molecule has 5 nitrogen and oxygen atoms in total. The Kier molecular flexibility index (Phi) is 5.88. The van der Waals surface area contributed by atoms with E-state index in [0.29, 0.717) is 6.42 Å². The van der Waals surface area contributed by atoms with Crippen molar-refractivity contribution < 1.29 is 15.0 Å². The van der Waals surface area contributed by atoms with Gasteiger partial charge in [-0.15, -0.1) is 0 Å². The number of hydrogen-bond donors (Lipinski definition) is 2. The maximum absolute atomic E-state index is 12.1. The summed E-state index contributed by atoms with van der Waals surface area (Å²) in [6.45, 7) is 0. The van der Waals surface area contributed by atoms with Crippen molar-refractivity contribution in [2.75, 3.05) is 0 Å². The largest absolute Gasteiger partial charge is 0.861 e. The summed E-state index contributed by atoms with van der Waals surface area (Å²) in [6.07, 6.45) is 0.501. The Labute approximate surface area is 135 Å². The van der Waals surface area contributed by atoms with Crippen molar-refractivity contribution in [3.8, 4) is 0 Å². The highest BCUT2D eigenvalue weighted by atomic mass is 16.4. The van der Waals surface area contributed by atoms with Gasteiger partial charge < -0.3 is 15.9 Å². The Balaban J connectivity index is 2.07. The van der Waals surface area contributed by atoms with E-state index >= 15 is 0 Å². The molecule has 0 saturated carbocycles. The minimum Gasteiger partial charge on any atom is -0.861 e. The Hall–Kier alpha value is -2.66. The van der Waals surface area contributed by atoms with Crippen molar-refractivity contribution >= 4 is 11.9 Å². The molecule has 0 aliphatic carbocycles. The summed E-state index contributed by atoms with van der Waals surface area (Å²) in [5.41, 5.74) is 7.58. The summed E-state index contributed by atoms with van der Waals surface area (Å²) in [4.78, 5) is 15.1. The highest BCUT2D eigenvalue weighted by Gasteiger charge is 2.17. The minimum absolute atomic E-state index is 0.167. The van der Waals surface area contributed by atoms with Crippen molar-refractivity contribution in [3.05, 3.63) is 71.8 Å². The van der Waals surface area contributed by atoms with Gasteiger partial charge in [-0.2, -0.15) is 0 Å². The molecule has 0 aliphatic heterocycles. The van der Waals surface area contributed by atoms with Crippen LogP contribution in [0.15, 0.2) is 65.7 Å². The van der Waals surface area contributed by atoms with E-state index in [1.54, 1.807) is 12.1 Å². The number of carboxylic acids is 1. The lowest BCUT2D eigenvalue weighted by atomic mass is 10.0. The number of hydrogen-bond acceptors (Lipinski definition) is 4. The third kappa shape index (κ3) is 5.23. The lowest BCUT2D eigenvalue weighted by molar-refractivity contribution is -0.221. The van der Waals surface area contributed by atoms with Crippen molar-refractivity contribution in [1.82, 2.24) is 0 Å². The van der Waals surface area contributed by atoms with Gasteiger partial charge in [0.05, 0.1) is 0 Å². The highest BCUT2D eigenvalue weighted by Crippen LogP contribution is 2.08. The molecule has 5 heteroatoms. The van der Waals surface area contributed by atoms with E-state index in [1.165, 1.54) is 0 Å². The van der Waals surface area contributed by atoms with E-state index in [0.717, 1.165) is 11.1 Å². The molecular weight excluding hydrogens is 292 g/mol. The molecule has 0 radical (unpaired) electrons. The SMILES string of the molecule is N[C@@H](Cc1ccccc1)C([O-])=N[C@@H](Cc1ccccc1)C(=O)O. The van der Waals surface area contributed by atoms with E-state index < -0.39 is 24.0 Å².